The summed E-state index contributed by atoms with van der Waals surface area (Å²) in [6.07, 6.45) is 3.17. The molecule has 0 spiro atoms. The van der Waals surface area contributed by atoms with Crippen molar-refractivity contribution in [2.45, 2.75) is 38.6 Å². The maximum Gasteiger partial charge on any atom is 0.326 e. The number of hydrogen-bond donors (Lipinski definition) is 1. The monoisotopic (exact) mass is 301 g/mol. The van der Waals surface area contributed by atoms with Crippen LogP contribution in [0, 0.1) is 6.92 Å². The van der Waals surface area contributed by atoms with Crippen molar-refractivity contribution in [1.82, 2.24) is 4.90 Å². The van der Waals surface area contributed by atoms with Crippen LogP contribution in [0.4, 0.5) is 0 Å². The molecular weight excluding hydrogens is 286 g/mol. The van der Waals surface area contributed by atoms with Gasteiger partial charge in [-0.15, -0.1) is 11.3 Å². The van der Waals surface area contributed by atoms with E-state index in [1.165, 1.54) is 16.2 Å². The zero-order valence-corrected chi connectivity index (χ0v) is 12.3. The molecule has 1 atom stereocenters. The second-order valence-electron chi connectivity index (χ2n) is 4.76. The van der Waals surface area contributed by atoms with Gasteiger partial charge in [0.2, 0.25) is 0 Å². The van der Waals surface area contributed by atoms with Gasteiger partial charge in [0.05, 0.1) is 5.02 Å². The maximum absolute atomic E-state index is 12.5. The van der Waals surface area contributed by atoms with Crippen molar-refractivity contribution < 1.29 is 14.7 Å². The summed E-state index contributed by atoms with van der Waals surface area (Å²) in [6, 6.07) is -0.728. The number of carbonyl (C=O) groups excluding carboxylic acids is 1. The van der Waals surface area contributed by atoms with Gasteiger partial charge in [0.1, 0.15) is 10.9 Å². The minimum atomic E-state index is -0.931. The van der Waals surface area contributed by atoms with E-state index in [2.05, 4.69) is 0 Å². The summed E-state index contributed by atoms with van der Waals surface area (Å²) in [5.41, 5.74) is 0.858. The van der Waals surface area contributed by atoms with E-state index in [0.717, 1.165) is 24.8 Å². The molecule has 6 heteroatoms. The summed E-state index contributed by atoms with van der Waals surface area (Å²) >= 11 is 7.39. The molecule has 1 aliphatic rings. The predicted molar refractivity (Wildman–Crippen MR) is 75.0 cm³/mol. The number of carboxylic acids is 1. The number of carboxylic acid groups (broad SMARTS) is 1. The van der Waals surface area contributed by atoms with Gasteiger partial charge in [-0.3, -0.25) is 4.79 Å². The molecule has 1 N–H and O–H groups in total. The molecule has 1 fully saturated rings. The summed E-state index contributed by atoms with van der Waals surface area (Å²) < 4.78 is 0. The molecule has 0 radical (unpaired) electrons. The molecule has 1 aliphatic heterocycles. The number of nitrogens with zero attached hydrogens (tertiary/aromatic N) is 1. The Kier molecular flexibility index (Phi) is 4.47. The fourth-order valence-electron chi connectivity index (χ4n) is 2.31. The minimum Gasteiger partial charge on any atom is -0.480 e. The van der Waals surface area contributed by atoms with Crippen LogP contribution in [0.2, 0.25) is 5.02 Å². The van der Waals surface area contributed by atoms with Crippen LogP contribution in [0.5, 0.6) is 0 Å². The number of rotatable bonds is 2. The Labute approximate surface area is 121 Å². The van der Waals surface area contributed by atoms with Crippen LogP contribution >= 0.6 is 22.9 Å². The van der Waals surface area contributed by atoms with Crippen molar-refractivity contribution >= 4 is 34.8 Å². The van der Waals surface area contributed by atoms with E-state index in [1.807, 2.05) is 12.3 Å². The summed E-state index contributed by atoms with van der Waals surface area (Å²) in [7, 11) is 0. The lowest BCUT2D eigenvalue weighted by Gasteiger charge is -2.26. The van der Waals surface area contributed by atoms with E-state index >= 15 is 0 Å². The molecular formula is C13H16ClNO3S. The molecule has 104 valence electrons. The van der Waals surface area contributed by atoms with Crippen molar-refractivity contribution in [3.63, 3.8) is 0 Å². The molecule has 1 unspecified atom stereocenters. The highest BCUT2D eigenvalue weighted by Crippen LogP contribution is 2.30. The fraction of sp³-hybridized carbons (Fsp3) is 0.538. The third kappa shape index (κ3) is 2.92. The Morgan fingerprint density at radius 2 is 2.16 bits per heavy atom. The second-order valence-corrected chi connectivity index (χ2v) is 6.02. The van der Waals surface area contributed by atoms with Gasteiger partial charge >= 0.3 is 5.97 Å². The number of halogens is 1. The van der Waals surface area contributed by atoms with E-state index in [4.69, 9.17) is 11.6 Å². The molecule has 0 aromatic carbocycles. The highest BCUT2D eigenvalue weighted by Gasteiger charge is 2.32. The van der Waals surface area contributed by atoms with E-state index in [-0.39, 0.29) is 5.91 Å². The van der Waals surface area contributed by atoms with Gasteiger partial charge < -0.3 is 10.0 Å². The van der Waals surface area contributed by atoms with E-state index < -0.39 is 12.0 Å². The molecule has 2 heterocycles. The average molecular weight is 302 g/mol. The van der Waals surface area contributed by atoms with Crippen LogP contribution in [-0.4, -0.2) is 34.5 Å². The first-order valence-electron chi connectivity index (χ1n) is 6.29. The quantitative estimate of drug-likeness (QED) is 0.912. The molecule has 0 aliphatic carbocycles. The first kappa shape index (κ1) is 14.3. The molecule has 1 saturated heterocycles. The van der Waals surface area contributed by atoms with Crippen molar-refractivity contribution in [3.8, 4) is 0 Å². The van der Waals surface area contributed by atoms with Gasteiger partial charge in [0.25, 0.3) is 5.91 Å². The highest BCUT2D eigenvalue weighted by molar-refractivity contribution is 7.13. The standard InChI is InChI=1S/C13H16ClNO3S/c1-8-7-19-11(10(8)14)12(16)15-6-4-2-3-5-9(15)13(17)18/h7,9H,2-6H2,1H3,(H,17,18). The average Bonchev–Trinajstić information content (AvgIpc) is 2.60. The lowest BCUT2D eigenvalue weighted by atomic mass is 10.1. The third-order valence-electron chi connectivity index (χ3n) is 3.39. The number of carbonyl (C=O) groups is 2. The first-order valence-corrected chi connectivity index (χ1v) is 7.55. The Morgan fingerprint density at radius 3 is 2.74 bits per heavy atom. The zero-order valence-electron chi connectivity index (χ0n) is 10.7. The molecule has 0 saturated carbocycles. The number of aryl methyl sites for hydroxylation is 1. The SMILES string of the molecule is Cc1csc(C(=O)N2CCCCCC2C(=O)O)c1Cl. The normalized spacial score (nSPS) is 20.1. The van der Waals surface area contributed by atoms with Crippen LogP contribution in [-0.2, 0) is 4.79 Å². The van der Waals surface area contributed by atoms with Crippen LogP contribution < -0.4 is 0 Å². The Bertz CT molecular complexity index is 500. The van der Waals surface area contributed by atoms with Crippen LogP contribution in [0.1, 0.15) is 40.9 Å². The van der Waals surface area contributed by atoms with E-state index in [9.17, 15) is 14.7 Å². The van der Waals surface area contributed by atoms with Gasteiger partial charge in [-0.25, -0.2) is 4.79 Å². The summed E-state index contributed by atoms with van der Waals surface area (Å²) in [5, 5.41) is 11.6. The number of hydrogen-bond acceptors (Lipinski definition) is 3. The molecule has 1 aromatic heterocycles. The largest absolute Gasteiger partial charge is 0.480 e. The Morgan fingerprint density at radius 1 is 1.42 bits per heavy atom. The highest BCUT2D eigenvalue weighted by atomic mass is 35.5. The Hall–Kier alpha value is -1.07. The molecule has 4 nitrogen and oxygen atoms in total. The summed E-state index contributed by atoms with van der Waals surface area (Å²) in [4.78, 5) is 25.7. The number of amides is 1. The smallest absolute Gasteiger partial charge is 0.326 e. The first-order chi connectivity index (χ1) is 9.02. The molecule has 2 rings (SSSR count). The topological polar surface area (TPSA) is 57.6 Å². The van der Waals surface area contributed by atoms with Crippen LogP contribution in [0.25, 0.3) is 0 Å². The van der Waals surface area contributed by atoms with E-state index in [1.54, 1.807) is 0 Å². The van der Waals surface area contributed by atoms with Crippen molar-refractivity contribution in [2.24, 2.45) is 0 Å². The second kappa shape index (κ2) is 5.92. The Balaban J connectivity index is 2.28. The lowest BCUT2D eigenvalue weighted by Crippen LogP contribution is -2.44. The van der Waals surface area contributed by atoms with E-state index in [0.29, 0.717) is 22.9 Å². The molecule has 19 heavy (non-hydrogen) atoms. The number of aliphatic carboxylic acids is 1. The maximum atomic E-state index is 12.5. The lowest BCUT2D eigenvalue weighted by molar-refractivity contribution is -0.142. The van der Waals surface area contributed by atoms with Crippen molar-refractivity contribution in [3.05, 3.63) is 20.8 Å². The van der Waals surface area contributed by atoms with Gasteiger partial charge in [-0.2, -0.15) is 0 Å². The molecule has 1 amide bonds. The van der Waals surface area contributed by atoms with Crippen molar-refractivity contribution in [2.75, 3.05) is 6.54 Å². The van der Waals surface area contributed by atoms with Gasteiger partial charge in [0.15, 0.2) is 0 Å². The summed E-state index contributed by atoms with van der Waals surface area (Å²) in [5.74, 6) is -1.18. The van der Waals surface area contributed by atoms with Crippen molar-refractivity contribution in [1.29, 1.82) is 0 Å². The zero-order chi connectivity index (χ0) is 14.0. The number of likely N-dealkylation sites (tertiary alicyclic amines) is 1. The fourth-order valence-corrected chi connectivity index (χ4v) is 3.54. The van der Waals surface area contributed by atoms with Crippen LogP contribution in [0.15, 0.2) is 5.38 Å². The third-order valence-corrected chi connectivity index (χ3v) is 5.08. The van der Waals surface area contributed by atoms with Gasteiger partial charge in [0, 0.05) is 6.54 Å². The minimum absolute atomic E-state index is 0.252. The molecule has 0 bridgehead atoms. The van der Waals surface area contributed by atoms with Gasteiger partial charge in [-0.1, -0.05) is 24.4 Å². The van der Waals surface area contributed by atoms with Gasteiger partial charge in [-0.05, 0) is 30.7 Å². The van der Waals surface area contributed by atoms with Crippen LogP contribution in [0.3, 0.4) is 0 Å². The molecule has 1 aromatic rings. The summed E-state index contributed by atoms with van der Waals surface area (Å²) in [6.45, 7) is 2.33. The number of thiophene rings is 1. The predicted octanol–water partition coefficient (Wildman–Crippen LogP) is 3.18.